The summed E-state index contributed by atoms with van der Waals surface area (Å²) in [6.45, 7) is 1.55. The van der Waals surface area contributed by atoms with Crippen LogP contribution in [0.5, 0.6) is 0 Å². The molecule has 62 heavy (non-hydrogen) atoms. The first-order valence-electron chi connectivity index (χ1n) is 16.8. The summed E-state index contributed by atoms with van der Waals surface area (Å²) in [5.74, 6) is 0.00205. The summed E-state index contributed by atoms with van der Waals surface area (Å²) < 4.78 is 125. The molecule has 1 aromatic heterocycles. The lowest BCUT2D eigenvalue weighted by atomic mass is 10.0. The summed E-state index contributed by atoms with van der Waals surface area (Å²) in [7, 11) is -16.8. The maximum absolute atomic E-state index is 12.2. The van der Waals surface area contributed by atoms with Gasteiger partial charge in [-0.1, -0.05) is 30.3 Å². The second-order valence-electron chi connectivity index (χ2n) is 12.4. The first-order valence-corrected chi connectivity index (χ1v) is 22.1. The Labute approximate surface area is 352 Å². The van der Waals surface area contributed by atoms with E-state index in [0.717, 1.165) is 24.3 Å². The molecule has 22 nitrogen and oxygen atoms in total. The highest BCUT2D eigenvalue weighted by Crippen LogP contribution is 2.40. The zero-order chi connectivity index (χ0) is 45.6. The van der Waals surface area contributed by atoms with Gasteiger partial charge >= 0.3 is 10.6 Å². The highest BCUT2D eigenvalue weighted by atomic mass is 32.2. The Bertz CT molecular complexity index is 3320. The van der Waals surface area contributed by atoms with E-state index in [-0.39, 0.29) is 78.9 Å². The van der Waals surface area contributed by atoms with Gasteiger partial charge in [0, 0.05) is 34.5 Å². The van der Waals surface area contributed by atoms with E-state index < -0.39 is 55.7 Å². The SMILES string of the molecule is Cc1c(C#N)c(Cc2ccc(S(=O)(=O)O)cc2)nc(Nc2ccc(S(=O)(=O)O)cc2)c1N=Nc1ccc(N=Nc2ccccc2[N+](=O)[O-])c2ccc(S(=O)(=O)O)cc12.O=S(=O)=O. The van der Waals surface area contributed by atoms with Crippen LogP contribution >= 0.6 is 0 Å². The predicted octanol–water partition coefficient (Wildman–Crippen LogP) is 7.22. The smallest absolute Gasteiger partial charge is 0.338 e. The van der Waals surface area contributed by atoms with Crippen molar-refractivity contribution in [2.75, 3.05) is 5.32 Å². The zero-order valence-corrected chi connectivity index (χ0v) is 34.4. The van der Waals surface area contributed by atoms with Crippen molar-refractivity contribution in [3.8, 4) is 6.07 Å². The lowest BCUT2D eigenvalue weighted by Gasteiger charge is -2.15. The maximum atomic E-state index is 12.2. The topological polar surface area (TPSA) is 356 Å². The molecule has 0 bridgehead atoms. The summed E-state index contributed by atoms with van der Waals surface area (Å²) in [4.78, 5) is 14.3. The molecule has 0 aliphatic carbocycles. The van der Waals surface area contributed by atoms with Gasteiger partial charge in [-0.3, -0.25) is 23.8 Å². The Morgan fingerprint density at radius 1 is 0.710 bits per heavy atom. The number of nitrogens with one attached hydrogen (secondary N) is 1. The van der Waals surface area contributed by atoms with Crippen LogP contribution in [0.3, 0.4) is 0 Å². The van der Waals surface area contributed by atoms with Gasteiger partial charge in [-0.05, 0) is 79.2 Å². The van der Waals surface area contributed by atoms with E-state index in [9.17, 15) is 54.3 Å². The van der Waals surface area contributed by atoms with E-state index in [1.54, 1.807) is 6.92 Å². The average Bonchev–Trinajstić information content (AvgIpc) is 3.19. The molecule has 26 heteroatoms. The molecule has 0 atom stereocenters. The van der Waals surface area contributed by atoms with Crippen LogP contribution in [0.2, 0.25) is 0 Å². The van der Waals surface area contributed by atoms with Gasteiger partial charge in [0.25, 0.3) is 36.0 Å². The van der Waals surface area contributed by atoms with Crippen molar-refractivity contribution < 1.29 is 56.5 Å². The fourth-order valence-electron chi connectivity index (χ4n) is 5.61. The first kappa shape index (κ1) is 45.8. The Morgan fingerprint density at radius 2 is 1.21 bits per heavy atom. The van der Waals surface area contributed by atoms with Crippen molar-refractivity contribution in [3.63, 3.8) is 0 Å². The molecule has 318 valence electrons. The van der Waals surface area contributed by atoms with Crippen LogP contribution in [0.25, 0.3) is 10.8 Å². The number of fused-ring (bicyclic) bond motifs is 1. The summed E-state index contributed by atoms with van der Waals surface area (Å²) in [6.07, 6.45) is -0.00547. The number of nitrogens with zero attached hydrogens (tertiary/aromatic N) is 7. The van der Waals surface area contributed by atoms with E-state index in [4.69, 9.17) is 12.6 Å². The number of azo groups is 2. The van der Waals surface area contributed by atoms with Gasteiger partial charge in [0.05, 0.1) is 42.2 Å². The second-order valence-corrected chi connectivity index (χ2v) is 17.1. The minimum atomic E-state index is -4.72. The highest BCUT2D eigenvalue weighted by Gasteiger charge is 2.21. The molecule has 4 N–H and O–H groups in total. The molecule has 0 unspecified atom stereocenters. The second kappa shape index (κ2) is 18.6. The minimum absolute atomic E-state index is 0.000105. The van der Waals surface area contributed by atoms with Gasteiger partial charge in [-0.2, -0.15) is 30.5 Å². The summed E-state index contributed by atoms with van der Waals surface area (Å²) in [5.41, 5.74) is 1.10. The largest absolute Gasteiger partial charge is 0.425 e. The summed E-state index contributed by atoms with van der Waals surface area (Å²) in [5, 5.41) is 42.1. The quantitative estimate of drug-likeness (QED) is 0.0407. The van der Waals surface area contributed by atoms with Crippen molar-refractivity contribution in [3.05, 3.63) is 136 Å². The van der Waals surface area contributed by atoms with Gasteiger partial charge in [0.1, 0.15) is 11.8 Å². The minimum Gasteiger partial charge on any atom is -0.338 e. The molecule has 0 saturated carbocycles. The van der Waals surface area contributed by atoms with Gasteiger partial charge in [-0.15, -0.1) is 33.1 Å². The summed E-state index contributed by atoms with van der Waals surface area (Å²) >= 11 is 0. The number of hydrogen-bond acceptors (Lipinski definition) is 18. The number of benzene rings is 5. The Balaban J connectivity index is 0.00000174. The van der Waals surface area contributed by atoms with Crippen LogP contribution in [0.4, 0.5) is 39.9 Å². The van der Waals surface area contributed by atoms with Crippen LogP contribution in [0.15, 0.2) is 138 Å². The summed E-state index contributed by atoms with van der Waals surface area (Å²) in [6, 6.07) is 24.2. The third kappa shape index (κ3) is 11.3. The molecule has 0 fully saturated rings. The maximum Gasteiger partial charge on any atom is 0.425 e. The molecule has 0 spiro atoms. The number of nitro benzene ring substituents is 1. The molecule has 0 aliphatic rings. The third-order valence-corrected chi connectivity index (χ3v) is 11.0. The van der Waals surface area contributed by atoms with E-state index in [1.165, 1.54) is 78.9 Å². The molecule has 0 radical (unpaired) electrons. The number of aromatic nitrogens is 1. The number of hydrogen-bond donors (Lipinski definition) is 4. The number of rotatable bonds is 12. The molecule has 1 heterocycles. The Morgan fingerprint density at radius 3 is 1.76 bits per heavy atom. The lowest BCUT2D eigenvalue weighted by molar-refractivity contribution is -0.384. The van der Waals surface area contributed by atoms with E-state index >= 15 is 0 Å². The molecule has 0 amide bonds. The monoisotopic (exact) mass is 922 g/mol. The van der Waals surface area contributed by atoms with Gasteiger partial charge in [0.15, 0.2) is 11.5 Å². The van der Waals surface area contributed by atoms with Gasteiger partial charge in [0.2, 0.25) is 0 Å². The fraction of sp³-hybridized carbons (Fsp3) is 0.0556. The van der Waals surface area contributed by atoms with Crippen LogP contribution in [0, 0.1) is 28.4 Å². The lowest BCUT2D eigenvalue weighted by Crippen LogP contribution is -2.05. The van der Waals surface area contributed by atoms with E-state index in [0.29, 0.717) is 5.56 Å². The number of para-hydroxylation sites is 1. The van der Waals surface area contributed by atoms with Crippen molar-refractivity contribution in [1.82, 2.24) is 4.98 Å². The standard InChI is InChI=1S/C36H26N8O11S3.O3S/c1-21-29(20-37)33(18-22-6-10-24(11-7-22)56(47,48)49)39-36(38-23-8-12-25(13-9-23)57(50,51)52)35(21)43-41-31-17-16-30(27-15-14-26(19-28(27)31)58(53,54)55)40-42-32-4-2-3-5-34(32)44(45)46;1-4(2)3/h2-17,19H,18H2,1H3,(H,38,39)(H,47,48,49)(H,50,51,52)(H,53,54,55);. The first-order chi connectivity index (χ1) is 29.1. The zero-order valence-electron chi connectivity index (χ0n) is 31.1. The molecule has 0 aliphatic heterocycles. The number of anilines is 2. The molecular formula is C36H26N8O14S4. The van der Waals surface area contributed by atoms with Crippen LogP contribution < -0.4 is 5.32 Å². The van der Waals surface area contributed by atoms with Gasteiger partial charge in [-0.25, -0.2) is 4.98 Å². The van der Waals surface area contributed by atoms with Gasteiger partial charge < -0.3 is 5.32 Å². The molecule has 6 aromatic rings. The van der Waals surface area contributed by atoms with Crippen LogP contribution in [-0.2, 0) is 47.4 Å². The molecular weight excluding hydrogens is 897 g/mol. The molecule has 6 rings (SSSR count). The number of nitriles is 1. The number of pyridine rings is 1. The van der Waals surface area contributed by atoms with Crippen molar-refractivity contribution in [2.24, 2.45) is 20.5 Å². The normalized spacial score (nSPS) is 11.9. The van der Waals surface area contributed by atoms with E-state index in [2.05, 4.69) is 36.8 Å². The molecule has 5 aromatic carbocycles. The number of nitro groups is 1. The van der Waals surface area contributed by atoms with E-state index in [1.807, 2.05) is 0 Å². The van der Waals surface area contributed by atoms with Crippen molar-refractivity contribution in [2.45, 2.75) is 28.0 Å². The fourth-order valence-corrected chi connectivity index (χ4v) is 7.07. The van der Waals surface area contributed by atoms with Crippen molar-refractivity contribution >= 4 is 91.7 Å². The molecule has 0 saturated heterocycles. The average molecular weight is 923 g/mol. The van der Waals surface area contributed by atoms with Crippen LogP contribution in [0.1, 0.15) is 22.4 Å². The Kier molecular flexibility index (Phi) is 13.7. The van der Waals surface area contributed by atoms with Crippen LogP contribution in [-0.4, -0.2) is 61.4 Å². The predicted molar refractivity (Wildman–Crippen MR) is 217 cm³/mol. The Hall–Kier alpha value is -7.25. The van der Waals surface area contributed by atoms with Crippen molar-refractivity contribution in [1.29, 1.82) is 5.26 Å². The highest BCUT2D eigenvalue weighted by molar-refractivity contribution is 7.86. The third-order valence-electron chi connectivity index (χ3n) is 8.45.